The van der Waals surface area contributed by atoms with E-state index in [1.165, 1.54) is 0 Å². The summed E-state index contributed by atoms with van der Waals surface area (Å²) in [7, 11) is 0. The summed E-state index contributed by atoms with van der Waals surface area (Å²) in [6.45, 7) is -6.47. The standard InChI is InChI=1S/C36H62O31/c37-1-8-15(43)20(48)25(53)32(59-8)58-7-14(65-34-27(55)22(50)17(45)10(3-39)61-34)31(67-36-29(57)24(52)19(47)12(5-41)63-36)30(66-35-28(56)23(51)18(46)11(4-40)62-35)13(6-42)64-33-26(54)21(49)16(44)9(2-38)60-33/h6,8-41,43-57H,1-5,7H2/t8-,9-,10-,11-,12-,13+,14-,15+,16+,17+,18+,19+,20+,21+,22+,23+,24+,25-,26-,27-,28-,29-,30-,31-,32+,33-,34-,35-,36-/m1/s1. The van der Waals surface area contributed by atoms with Crippen molar-refractivity contribution in [1.29, 1.82) is 0 Å². The first-order valence-corrected chi connectivity index (χ1v) is 20.9. The van der Waals surface area contributed by atoms with E-state index in [2.05, 4.69) is 0 Å². The maximum absolute atomic E-state index is 13.3. The second-order valence-electron chi connectivity index (χ2n) is 16.4. The molecule has 31 nitrogen and oxygen atoms in total. The lowest BCUT2D eigenvalue weighted by Gasteiger charge is -2.48. The van der Waals surface area contributed by atoms with Crippen LogP contribution in [0, 0.1) is 0 Å². The zero-order valence-corrected chi connectivity index (χ0v) is 35.0. The molecule has 5 heterocycles. The van der Waals surface area contributed by atoms with E-state index in [4.69, 9.17) is 47.4 Å². The number of carbonyl (C=O) groups excluding carboxylic acids is 1. The summed E-state index contributed by atoms with van der Waals surface area (Å²) in [5.74, 6) is 0. The lowest BCUT2D eigenvalue weighted by atomic mass is 9.96. The van der Waals surface area contributed by atoms with Crippen LogP contribution in [0.15, 0.2) is 0 Å². The van der Waals surface area contributed by atoms with Crippen LogP contribution in [-0.4, -0.2) is 326 Å². The van der Waals surface area contributed by atoms with E-state index in [0.29, 0.717) is 0 Å². The van der Waals surface area contributed by atoms with Crippen LogP contribution in [0.1, 0.15) is 0 Å². The molecule has 0 spiro atoms. The molecule has 5 saturated heterocycles. The molecule has 392 valence electrons. The van der Waals surface area contributed by atoms with Crippen LogP contribution < -0.4 is 0 Å². The quantitative estimate of drug-likeness (QED) is 0.0504. The van der Waals surface area contributed by atoms with Crippen LogP contribution in [0.3, 0.4) is 0 Å². The molecule has 5 aliphatic rings. The van der Waals surface area contributed by atoms with Crippen molar-refractivity contribution in [2.24, 2.45) is 0 Å². The van der Waals surface area contributed by atoms with Gasteiger partial charge in [-0.1, -0.05) is 0 Å². The molecule has 67 heavy (non-hydrogen) atoms. The number of ether oxygens (including phenoxy) is 10. The summed E-state index contributed by atoms with van der Waals surface area (Å²) in [5.41, 5.74) is 0. The predicted molar refractivity (Wildman–Crippen MR) is 200 cm³/mol. The molecule has 0 aliphatic carbocycles. The summed E-state index contributed by atoms with van der Waals surface area (Å²) >= 11 is 0. The molecule has 0 aromatic carbocycles. The van der Waals surface area contributed by atoms with E-state index >= 15 is 0 Å². The number of hydrogen-bond donors (Lipinski definition) is 20. The van der Waals surface area contributed by atoms with E-state index < -0.39 is 218 Å². The topological polar surface area (TPSA) is 514 Å². The van der Waals surface area contributed by atoms with Crippen LogP contribution in [0.25, 0.3) is 0 Å². The number of aldehydes is 1. The second kappa shape index (κ2) is 24.7. The second-order valence-corrected chi connectivity index (χ2v) is 16.4. The average Bonchev–Trinajstić information content (AvgIpc) is 3.32. The number of hydrogen-bond acceptors (Lipinski definition) is 31. The fourth-order valence-corrected chi connectivity index (χ4v) is 7.87. The first-order chi connectivity index (χ1) is 31.7. The largest absolute Gasteiger partial charge is 0.394 e. The summed E-state index contributed by atoms with van der Waals surface area (Å²) in [6.07, 6.45) is -62.3. The van der Waals surface area contributed by atoms with Gasteiger partial charge in [0.25, 0.3) is 0 Å². The van der Waals surface area contributed by atoms with Crippen molar-refractivity contribution in [3.63, 3.8) is 0 Å². The molecule has 0 saturated carbocycles. The van der Waals surface area contributed by atoms with Gasteiger partial charge in [0.2, 0.25) is 0 Å². The Hall–Kier alpha value is -1.53. The molecule has 31 heteroatoms. The molecule has 0 unspecified atom stereocenters. The minimum Gasteiger partial charge on any atom is -0.394 e. The van der Waals surface area contributed by atoms with Gasteiger partial charge in [0, 0.05) is 0 Å². The van der Waals surface area contributed by atoms with Gasteiger partial charge < -0.3 is 154 Å². The molecule has 29 atom stereocenters. The molecule has 0 amide bonds. The highest BCUT2D eigenvalue weighted by molar-refractivity contribution is 5.57. The van der Waals surface area contributed by atoms with Gasteiger partial charge in [-0.25, -0.2) is 0 Å². The van der Waals surface area contributed by atoms with Gasteiger partial charge in [0.05, 0.1) is 39.6 Å². The third-order valence-electron chi connectivity index (χ3n) is 12.0. The monoisotopic (exact) mass is 990 g/mol. The Kier molecular flexibility index (Phi) is 20.8. The van der Waals surface area contributed by atoms with Crippen LogP contribution in [0.5, 0.6) is 0 Å². The SMILES string of the molecule is O=C[C@H](O[C@H]1O[C@H](CO)[C@H](O)[C@H](O)[C@H]1O)[C@@H](O[C@H]1O[C@H](CO)[C@H](O)[C@H](O)[C@H]1O)[C@H](O[C@H]1O[C@H](CO)[C@H](O)[C@H](O)[C@H]1O)[C@@H](CO[C@H]1O[C@H](CO)[C@H](O)[C@H](O)[C@H]1O)O[C@H]1O[C@H](CO)[C@H](O)[C@H](O)[C@H]1O. The van der Waals surface area contributed by atoms with Gasteiger partial charge >= 0.3 is 0 Å². The van der Waals surface area contributed by atoms with Gasteiger partial charge in [-0.2, -0.15) is 0 Å². The maximum Gasteiger partial charge on any atom is 0.187 e. The normalized spacial score (nSPS) is 48.3. The van der Waals surface area contributed by atoms with Crippen molar-refractivity contribution in [2.45, 2.75) is 178 Å². The summed E-state index contributed by atoms with van der Waals surface area (Å²) in [6, 6.07) is 0. The maximum atomic E-state index is 13.3. The lowest BCUT2D eigenvalue weighted by molar-refractivity contribution is -0.378. The molecular formula is C36H62O31. The van der Waals surface area contributed by atoms with Gasteiger partial charge in [-0.3, -0.25) is 0 Å². The Morgan fingerprint density at radius 1 is 0.343 bits per heavy atom. The van der Waals surface area contributed by atoms with Gasteiger partial charge in [-0.15, -0.1) is 0 Å². The molecule has 5 fully saturated rings. The predicted octanol–water partition coefficient (Wildman–Crippen LogP) is -14.3. The third-order valence-corrected chi connectivity index (χ3v) is 12.0. The van der Waals surface area contributed by atoms with Crippen molar-refractivity contribution in [3.8, 4) is 0 Å². The highest BCUT2D eigenvalue weighted by Gasteiger charge is 2.55. The molecule has 5 rings (SSSR count). The highest BCUT2D eigenvalue weighted by Crippen LogP contribution is 2.34. The summed E-state index contributed by atoms with van der Waals surface area (Å²) in [5, 5.41) is 210. The Labute approximate surface area is 378 Å². The third kappa shape index (κ3) is 12.2. The van der Waals surface area contributed by atoms with E-state index in [0.717, 1.165) is 0 Å². The van der Waals surface area contributed by atoms with E-state index in [1.54, 1.807) is 0 Å². The van der Waals surface area contributed by atoms with Crippen LogP contribution in [0.2, 0.25) is 0 Å². The lowest BCUT2D eigenvalue weighted by Crippen LogP contribution is -2.66. The summed E-state index contributed by atoms with van der Waals surface area (Å²) in [4.78, 5) is 13.3. The molecule has 20 N–H and O–H groups in total. The Balaban J connectivity index is 1.69. The molecule has 0 aromatic heterocycles. The molecular weight excluding hydrogens is 928 g/mol. The van der Waals surface area contributed by atoms with Gasteiger partial charge in [0.15, 0.2) is 37.7 Å². The van der Waals surface area contributed by atoms with Crippen LogP contribution >= 0.6 is 0 Å². The summed E-state index contributed by atoms with van der Waals surface area (Å²) < 4.78 is 56.8. The zero-order chi connectivity index (χ0) is 49.8. The van der Waals surface area contributed by atoms with Crippen molar-refractivity contribution in [3.05, 3.63) is 0 Å². The number of aliphatic hydroxyl groups is 20. The Morgan fingerprint density at radius 3 is 0.925 bits per heavy atom. The number of carbonyl (C=O) groups is 1. The molecule has 0 radical (unpaired) electrons. The van der Waals surface area contributed by atoms with E-state index in [1.807, 2.05) is 0 Å². The van der Waals surface area contributed by atoms with Crippen LogP contribution in [0.4, 0.5) is 0 Å². The van der Waals surface area contributed by atoms with Crippen LogP contribution in [-0.2, 0) is 52.2 Å². The Morgan fingerprint density at radius 2 is 0.612 bits per heavy atom. The van der Waals surface area contributed by atoms with E-state index in [-0.39, 0.29) is 6.29 Å². The van der Waals surface area contributed by atoms with E-state index in [9.17, 15) is 107 Å². The molecule has 0 aromatic rings. The van der Waals surface area contributed by atoms with Crippen molar-refractivity contribution in [2.75, 3.05) is 39.6 Å². The first kappa shape index (κ1) is 56.4. The number of rotatable bonds is 20. The molecule has 0 bridgehead atoms. The smallest absolute Gasteiger partial charge is 0.187 e. The van der Waals surface area contributed by atoms with Gasteiger partial charge in [0.1, 0.15) is 146 Å². The van der Waals surface area contributed by atoms with Crippen molar-refractivity contribution < 1.29 is 154 Å². The fraction of sp³-hybridized carbons (Fsp3) is 0.972. The minimum atomic E-state index is -2.54. The minimum absolute atomic E-state index is 0.150. The average molecular weight is 991 g/mol. The highest BCUT2D eigenvalue weighted by atomic mass is 16.8. The zero-order valence-electron chi connectivity index (χ0n) is 35.0. The van der Waals surface area contributed by atoms with Crippen molar-refractivity contribution >= 4 is 6.29 Å². The fourth-order valence-electron chi connectivity index (χ4n) is 7.87. The van der Waals surface area contributed by atoms with Gasteiger partial charge in [-0.05, 0) is 0 Å². The molecule has 5 aliphatic heterocycles. The first-order valence-electron chi connectivity index (χ1n) is 20.9. The number of aliphatic hydroxyl groups excluding tert-OH is 20. The van der Waals surface area contributed by atoms with Crippen molar-refractivity contribution in [1.82, 2.24) is 0 Å². The Bertz CT molecular complexity index is 1480.